The Balaban J connectivity index is 2.31. The lowest BCUT2D eigenvalue weighted by molar-refractivity contribution is 0.100. The number of amides is 1. The van der Waals surface area contributed by atoms with Crippen molar-refractivity contribution in [2.75, 3.05) is 24.2 Å². The van der Waals surface area contributed by atoms with Crippen molar-refractivity contribution in [3.05, 3.63) is 35.9 Å². The van der Waals surface area contributed by atoms with Crippen LogP contribution in [-0.4, -0.2) is 34.1 Å². The van der Waals surface area contributed by atoms with Gasteiger partial charge < -0.3 is 21.9 Å². The van der Waals surface area contributed by atoms with Crippen LogP contribution in [0.25, 0.3) is 11.3 Å². The molecule has 1 heterocycles. The molecule has 0 aliphatic carbocycles. The van der Waals surface area contributed by atoms with E-state index in [2.05, 4.69) is 15.3 Å². The van der Waals surface area contributed by atoms with Crippen molar-refractivity contribution in [2.45, 2.75) is 0 Å². The van der Waals surface area contributed by atoms with Crippen molar-refractivity contribution in [2.24, 2.45) is 5.73 Å². The van der Waals surface area contributed by atoms with E-state index in [1.54, 1.807) is 30.3 Å². The summed E-state index contributed by atoms with van der Waals surface area (Å²) in [6, 6.07) is 8.42. The van der Waals surface area contributed by atoms with Crippen molar-refractivity contribution in [3.63, 3.8) is 0 Å². The third kappa shape index (κ3) is 3.21. The Bertz CT molecular complexity index is 613. The van der Waals surface area contributed by atoms with Crippen LogP contribution in [0.4, 0.5) is 11.8 Å². The molecule has 7 heteroatoms. The topological polar surface area (TPSA) is 127 Å². The number of anilines is 2. The van der Waals surface area contributed by atoms with Gasteiger partial charge in [0.05, 0.1) is 12.3 Å². The van der Waals surface area contributed by atoms with Crippen molar-refractivity contribution in [1.29, 1.82) is 0 Å². The monoisotopic (exact) mass is 273 g/mol. The van der Waals surface area contributed by atoms with Crippen LogP contribution in [0.2, 0.25) is 0 Å². The fourth-order valence-electron chi connectivity index (χ4n) is 1.69. The lowest BCUT2D eigenvalue weighted by Gasteiger charge is -2.07. The molecule has 0 saturated heterocycles. The molecule has 0 unspecified atom stereocenters. The standard InChI is InChI=1S/C13H15N5O2/c14-12(20)9-3-1-8(2-4-9)10-7-11(16-5-6-19)18-13(15)17-10/h1-4,7,19H,5-6H2,(H2,14,20)(H3,15,16,17,18). The number of carbonyl (C=O) groups is 1. The molecule has 0 saturated carbocycles. The second kappa shape index (κ2) is 5.98. The third-order valence-corrected chi connectivity index (χ3v) is 2.63. The van der Waals surface area contributed by atoms with Crippen molar-refractivity contribution in [3.8, 4) is 11.3 Å². The van der Waals surface area contributed by atoms with Gasteiger partial charge in [-0.15, -0.1) is 0 Å². The van der Waals surface area contributed by atoms with E-state index >= 15 is 0 Å². The van der Waals surface area contributed by atoms with E-state index in [4.69, 9.17) is 16.6 Å². The minimum absolute atomic E-state index is 0.00739. The normalized spacial score (nSPS) is 10.2. The summed E-state index contributed by atoms with van der Waals surface area (Å²) in [5.74, 6) is 0.173. The maximum Gasteiger partial charge on any atom is 0.248 e. The fourth-order valence-corrected chi connectivity index (χ4v) is 1.69. The van der Waals surface area contributed by atoms with Gasteiger partial charge in [0.25, 0.3) is 0 Å². The summed E-state index contributed by atoms with van der Waals surface area (Å²) in [5, 5.41) is 11.7. The van der Waals surface area contributed by atoms with Gasteiger partial charge in [0.15, 0.2) is 0 Å². The van der Waals surface area contributed by atoms with Crippen LogP contribution >= 0.6 is 0 Å². The first-order chi connectivity index (χ1) is 9.60. The molecule has 0 radical (unpaired) electrons. The summed E-state index contributed by atoms with van der Waals surface area (Å²) in [6.45, 7) is 0.364. The first-order valence-electron chi connectivity index (χ1n) is 5.99. The van der Waals surface area contributed by atoms with Crippen LogP contribution in [0.5, 0.6) is 0 Å². The van der Waals surface area contributed by atoms with Crippen LogP contribution in [0, 0.1) is 0 Å². The number of benzene rings is 1. The molecule has 1 aromatic heterocycles. The van der Waals surface area contributed by atoms with E-state index < -0.39 is 5.91 Å². The second-order valence-corrected chi connectivity index (χ2v) is 4.09. The molecule has 0 atom stereocenters. The Morgan fingerprint density at radius 1 is 1.25 bits per heavy atom. The molecule has 0 aliphatic rings. The Kier molecular flexibility index (Phi) is 4.11. The van der Waals surface area contributed by atoms with Crippen LogP contribution in [0.15, 0.2) is 30.3 Å². The molecule has 104 valence electrons. The van der Waals surface area contributed by atoms with Crippen LogP contribution in [0.1, 0.15) is 10.4 Å². The van der Waals surface area contributed by atoms with Gasteiger partial charge >= 0.3 is 0 Å². The van der Waals surface area contributed by atoms with Gasteiger partial charge in [-0.2, -0.15) is 4.98 Å². The molecule has 0 aliphatic heterocycles. The lowest BCUT2D eigenvalue weighted by atomic mass is 10.1. The fraction of sp³-hybridized carbons (Fsp3) is 0.154. The summed E-state index contributed by atoms with van der Waals surface area (Å²) < 4.78 is 0. The molecule has 1 amide bonds. The zero-order valence-corrected chi connectivity index (χ0v) is 10.7. The minimum atomic E-state index is -0.482. The van der Waals surface area contributed by atoms with Gasteiger partial charge in [0.1, 0.15) is 5.82 Å². The van der Waals surface area contributed by atoms with E-state index in [0.29, 0.717) is 23.6 Å². The van der Waals surface area contributed by atoms with Gasteiger partial charge in [-0.05, 0) is 12.1 Å². The summed E-state index contributed by atoms with van der Waals surface area (Å²) in [7, 11) is 0. The number of nitrogen functional groups attached to an aromatic ring is 1. The van der Waals surface area contributed by atoms with Crippen molar-refractivity contribution in [1.82, 2.24) is 9.97 Å². The summed E-state index contributed by atoms with van der Waals surface area (Å²) in [4.78, 5) is 19.2. The number of hydrogen-bond donors (Lipinski definition) is 4. The zero-order valence-electron chi connectivity index (χ0n) is 10.7. The molecular formula is C13H15N5O2. The Hall–Kier alpha value is -2.67. The van der Waals surface area contributed by atoms with E-state index in [-0.39, 0.29) is 12.6 Å². The molecule has 2 rings (SSSR count). The van der Waals surface area contributed by atoms with E-state index in [9.17, 15) is 4.79 Å². The lowest BCUT2D eigenvalue weighted by Crippen LogP contribution is -2.10. The predicted molar refractivity (Wildman–Crippen MR) is 76.0 cm³/mol. The molecular weight excluding hydrogens is 258 g/mol. The molecule has 0 bridgehead atoms. The summed E-state index contributed by atoms with van der Waals surface area (Å²) in [6.07, 6.45) is 0. The van der Waals surface area contributed by atoms with Gasteiger partial charge in [0.2, 0.25) is 11.9 Å². The van der Waals surface area contributed by atoms with Crippen LogP contribution < -0.4 is 16.8 Å². The van der Waals surface area contributed by atoms with Crippen molar-refractivity contribution < 1.29 is 9.90 Å². The quantitative estimate of drug-likeness (QED) is 0.617. The average molecular weight is 273 g/mol. The Morgan fingerprint density at radius 2 is 1.95 bits per heavy atom. The highest BCUT2D eigenvalue weighted by Gasteiger charge is 2.06. The first-order valence-corrected chi connectivity index (χ1v) is 5.99. The van der Waals surface area contributed by atoms with Crippen LogP contribution in [-0.2, 0) is 0 Å². The van der Waals surface area contributed by atoms with E-state index in [0.717, 1.165) is 5.56 Å². The minimum Gasteiger partial charge on any atom is -0.395 e. The maximum absolute atomic E-state index is 11.0. The number of rotatable bonds is 5. The molecule has 6 N–H and O–H groups in total. The average Bonchev–Trinajstić information content (AvgIpc) is 2.44. The number of nitrogens with one attached hydrogen (secondary N) is 1. The Labute approximate surface area is 115 Å². The number of aliphatic hydroxyl groups excluding tert-OH is 1. The van der Waals surface area contributed by atoms with Gasteiger partial charge in [-0.1, -0.05) is 12.1 Å². The largest absolute Gasteiger partial charge is 0.395 e. The molecule has 7 nitrogen and oxygen atoms in total. The van der Waals surface area contributed by atoms with Gasteiger partial charge in [0, 0.05) is 23.7 Å². The molecule has 1 aromatic carbocycles. The van der Waals surface area contributed by atoms with E-state index in [1.165, 1.54) is 0 Å². The van der Waals surface area contributed by atoms with Gasteiger partial charge in [-0.3, -0.25) is 4.79 Å². The SMILES string of the molecule is NC(=O)c1ccc(-c2cc(NCCO)nc(N)n2)cc1. The molecule has 20 heavy (non-hydrogen) atoms. The smallest absolute Gasteiger partial charge is 0.248 e. The van der Waals surface area contributed by atoms with Gasteiger partial charge in [-0.25, -0.2) is 4.98 Å². The Morgan fingerprint density at radius 3 is 2.55 bits per heavy atom. The van der Waals surface area contributed by atoms with Crippen molar-refractivity contribution >= 4 is 17.7 Å². The number of nitrogens with zero attached hydrogens (tertiary/aromatic N) is 2. The second-order valence-electron chi connectivity index (χ2n) is 4.09. The zero-order chi connectivity index (χ0) is 14.5. The first kappa shape index (κ1) is 13.8. The molecule has 0 spiro atoms. The maximum atomic E-state index is 11.0. The number of nitrogens with two attached hydrogens (primary N) is 2. The predicted octanol–water partition coefficient (Wildman–Crippen LogP) is 0.229. The molecule has 2 aromatic rings. The van der Waals surface area contributed by atoms with Crippen LogP contribution in [0.3, 0.4) is 0 Å². The number of primary amides is 1. The highest BCUT2D eigenvalue weighted by atomic mass is 16.3. The number of carbonyl (C=O) groups excluding carboxylic acids is 1. The highest BCUT2D eigenvalue weighted by Crippen LogP contribution is 2.21. The van der Waals surface area contributed by atoms with E-state index in [1.807, 2.05) is 0 Å². The third-order valence-electron chi connectivity index (χ3n) is 2.63. The number of hydrogen-bond acceptors (Lipinski definition) is 6. The number of aliphatic hydroxyl groups is 1. The number of aromatic nitrogens is 2. The summed E-state index contributed by atoms with van der Waals surface area (Å²) in [5.41, 5.74) is 12.7. The molecule has 0 fully saturated rings. The summed E-state index contributed by atoms with van der Waals surface area (Å²) >= 11 is 0. The highest BCUT2D eigenvalue weighted by molar-refractivity contribution is 5.93.